The van der Waals surface area contributed by atoms with Gasteiger partial charge in [-0.05, 0) is 29.4 Å². The molecule has 6 nitrogen and oxygen atoms in total. The Balaban J connectivity index is 1.47. The van der Waals surface area contributed by atoms with Crippen LogP contribution in [0.15, 0.2) is 72.8 Å². The number of hydrogen-bond donors (Lipinski definition) is 3. The normalized spacial score (nSPS) is 11.7. The number of nitrogens with one attached hydrogen (secondary N) is 3. The number of anilines is 1. The van der Waals surface area contributed by atoms with Gasteiger partial charge in [-0.15, -0.1) is 0 Å². The quantitative estimate of drug-likeness (QED) is 0.405. The van der Waals surface area contributed by atoms with Crippen molar-refractivity contribution in [2.24, 2.45) is 5.92 Å². The Morgan fingerprint density at radius 3 is 2.38 bits per heavy atom. The molecule has 0 aromatic heterocycles. The molecule has 0 radical (unpaired) electrons. The van der Waals surface area contributed by atoms with Crippen LogP contribution in [-0.4, -0.2) is 31.1 Å². The molecular formula is C26H31N3O3. The molecule has 0 aliphatic rings. The summed E-state index contributed by atoms with van der Waals surface area (Å²) in [6, 6.07) is 23.1. The zero-order chi connectivity index (χ0) is 22.8. The second-order valence-electron chi connectivity index (χ2n) is 8.13. The van der Waals surface area contributed by atoms with E-state index in [2.05, 4.69) is 34.1 Å². The molecule has 0 unspecified atom stereocenters. The van der Waals surface area contributed by atoms with Gasteiger partial charge in [0.1, 0.15) is 12.6 Å². The van der Waals surface area contributed by atoms with Crippen LogP contribution in [0.1, 0.15) is 25.8 Å². The summed E-state index contributed by atoms with van der Waals surface area (Å²) in [5, 5.41) is 11.3. The van der Waals surface area contributed by atoms with Gasteiger partial charge >= 0.3 is 6.09 Å². The van der Waals surface area contributed by atoms with Crippen LogP contribution in [0.25, 0.3) is 10.8 Å². The lowest BCUT2D eigenvalue weighted by Gasteiger charge is -2.20. The van der Waals surface area contributed by atoms with E-state index in [-0.39, 0.29) is 18.4 Å². The predicted octanol–water partition coefficient (Wildman–Crippen LogP) is 4.71. The Bertz CT molecular complexity index is 1020. The van der Waals surface area contributed by atoms with Crippen LogP contribution in [0.5, 0.6) is 0 Å². The predicted molar refractivity (Wildman–Crippen MR) is 128 cm³/mol. The maximum Gasteiger partial charge on any atom is 0.408 e. The van der Waals surface area contributed by atoms with Crippen LogP contribution >= 0.6 is 0 Å². The number of hydrogen-bond acceptors (Lipinski definition) is 4. The number of ether oxygens (including phenoxy) is 1. The Hall–Kier alpha value is -3.54. The molecule has 0 saturated carbocycles. The second kappa shape index (κ2) is 11.7. The fourth-order valence-electron chi connectivity index (χ4n) is 3.50. The fraction of sp³-hybridized carbons (Fsp3) is 0.308. The second-order valence-corrected chi connectivity index (χ2v) is 8.13. The first-order valence-corrected chi connectivity index (χ1v) is 11.0. The molecule has 0 aliphatic carbocycles. The molecule has 0 saturated heterocycles. The summed E-state index contributed by atoms with van der Waals surface area (Å²) in [5.41, 5.74) is 1.92. The standard InChI is InChI=1S/C26H31N3O3/c1-19(2)17-24(29-26(31)32-18-20-9-4-3-5-10-20)25(30)28-16-15-27-23-14-8-12-21-11-6-7-13-22(21)23/h3-14,19,24,27H,15-18H2,1-2H3,(H,28,30)(H,29,31)/t24-/m0/s1. The highest BCUT2D eigenvalue weighted by atomic mass is 16.5. The zero-order valence-electron chi connectivity index (χ0n) is 18.6. The summed E-state index contributed by atoms with van der Waals surface area (Å²) < 4.78 is 5.27. The van der Waals surface area contributed by atoms with E-state index in [0.717, 1.165) is 22.0 Å². The largest absolute Gasteiger partial charge is 0.445 e. The van der Waals surface area contributed by atoms with Gasteiger partial charge in [0.25, 0.3) is 0 Å². The summed E-state index contributed by atoms with van der Waals surface area (Å²) in [4.78, 5) is 24.9. The summed E-state index contributed by atoms with van der Waals surface area (Å²) in [7, 11) is 0. The minimum atomic E-state index is -0.643. The molecule has 3 rings (SSSR count). The number of amides is 2. The maximum atomic E-state index is 12.7. The highest BCUT2D eigenvalue weighted by molar-refractivity contribution is 5.93. The molecule has 0 heterocycles. The van der Waals surface area contributed by atoms with Gasteiger partial charge in [-0.25, -0.2) is 4.79 Å². The van der Waals surface area contributed by atoms with Crippen molar-refractivity contribution in [2.45, 2.75) is 32.9 Å². The first-order chi connectivity index (χ1) is 15.5. The number of rotatable bonds is 10. The fourth-order valence-corrected chi connectivity index (χ4v) is 3.50. The molecule has 3 aromatic rings. The van der Waals surface area contributed by atoms with E-state index in [1.54, 1.807) is 0 Å². The Morgan fingerprint density at radius 2 is 1.59 bits per heavy atom. The Morgan fingerprint density at radius 1 is 0.875 bits per heavy atom. The molecule has 168 valence electrons. The van der Waals surface area contributed by atoms with E-state index in [1.807, 2.05) is 68.4 Å². The van der Waals surface area contributed by atoms with Crippen molar-refractivity contribution in [3.63, 3.8) is 0 Å². The monoisotopic (exact) mass is 433 g/mol. The number of carbonyl (C=O) groups excluding carboxylic acids is 2. The van der Waals surface area contributed by atoms with Crippen molar-refractivity contribution < 1.29 is 14.3 Å². The number of alkyl carbamates (subject to hydrolysis) is 1. The van der Waals surface area contributed by atoms with Crippen LogP contribution in [0.2, 0.25) is 0 Å². The molecule has 0 aliphatic heterocycles. The van der Waals surface area contributed by atoms with Gasteiger partial charge in [0.2, 0.25) is 5.91 Å². The number of carbonyl (C=O) groups is 2. The van der Waals surface area contributed by atoms with Crippen molar-refractivity contribution in [1.82, 2.24) is 10.6 Å². The summed E-state index contributed by atoms with van der Waals surface area (Å²) in [5.74, 6) is 0.0315. The zero-order valence-corrected chi connectivity index (χ0v) is 18.6. The molecule has 0 spiro atoms. The van der Waals surface area contributed by atoms with E-state index < -0.39 is 12.1 Å². The van der Waals surface area contributed by atoms with E-state index in [9.17, 15) is 9.59 Å². The molecule has 2 amide bonds. The average molecular weight is 434 g/mol. The van der Waals surface area contributed by atoms with Crippen molar-refractivity contribution in [1.29, 1.82) is 0 Å². The molecule has 0 bridgehead atoms. The van der Waals surface area contributed by atoms with E-state index in [4.69, 9.17) is 4.74 Å². The highest BCUT2D eigenvalue weighted by Gasteiger charge is 2.22. The van der Waals surface area contributed by atoms with Crippen molar-refractivity contribution in [2.75, 3.05) is 18.4 Å². The van der Waals surface area contributed by atoms with Crippen molar-refractivity contribution in [3.8, 4) is 0 Å². The molecule has 3 aromatic carbocycles. The average Bonchev–Trinajstić information content (AvgIpc) is 2.80. The lowest BCUT2D eigenvalue weighted by molar-refractivity contribution is -0.123. The SMILES string of the molecule is CC(C)C[C@H](NC(=O)OCc1ccccc1)C(=O)NCCNc1cccc2ccccc12. The van der Waals surface area contributed by atoms with Gasteiger partial charge in [0.15, 0.2) is 0 Å². The third-order valence-electron chi connectivity index (χ3n) is 5.06. The highest BCUT2D eigenvalue weighted by Crippen LogP contribution is 2.22. The summed E-state index contributed by atoms with van der Waals surface area (Å²) in [6.45, 7) is 5.21. The minimum Gasteiger partial charge on any atom is -0.445 e. The third-order valence-corrected chi connectivity index (χ3v) is 5.06. The Kier molecular flexibility index (Phi) is 8.49. The Labute approximate surface area is 189 Å². The maximum absolute atomic E-state index is 12.7. The van der Waals surface area contributed by atoms with Crippen LogP contribution in [0.4, 0.5) is 10.5 Å². The van der Waals surface area contributed by atoms with Crippen LogP contribution in [-0.2, 0) is 16.1 Å². The lowest BCUT2D eigenvalue weighted by Crippen LogP contribution is -2.48. The van der Waals surface area contributed by atoms with Crippen LogP contribution < -0.4 is 16.0 Å². The van der Waals surface area contributed by atoms with Crippen LogP contribution in [0.3, 0.4) is 0 Å². The topological polar surface area (TPSA) is 79.5 Å². The van der Waals surface area contributed by atoms with Gasteiger partial charge < -0.3 is 20.7 Å². The molecule has 32 heavy (non-hydrogen) atoms. The minimum absolute atomic E-state index is 0.164. The van der Waals surface area contributed by atoms with E-state index >= 15 is 0 Å². The lowest BCUT2D eigenvalue weighted by atomic mass is 10.0. The van der Waals surface area contributed by atoms with E-state index in [0.29, 0.717) is 19.5 Å². The van der Waals surface area contributed by atoms with Gasteiger partial charge in [-0.1, -0.05) is 80.6 Å². The van der Waals surface area contributed by atoms with Gasteiger partial charge in [0, 0.05) is 24.2 Å². The van der Waals surface area contributed by atoms with Crippen LogP contribution in [0, 0.1) is 5.92 Å². The molecule has 3 N–H and O–H groups in total. The van der Waals surface area contributed by atoms with E-state index in [1.165, 1.54) is 0 Å². The molecule has 6 heteroatoms. The molecule has 1 atom stereocenters. The summed E-state index contributed by atoms with van der Waals surface area (Å²) >= 11 is 0. The number of fused-ring (bicyclic) bond motifs is 1. The van der Waals surface area contributed by atoms with Crippen molar-refractivity contribution >= 4 is 28.5 Å². The number of benzene rings is 3. The smallest absolute Gasteiger partial charge is 0.408 e. The summed E-state index contributed by atoms with van der Waals surface area (Å²) in [6.07, 6.45) is -0.0632. The molecule has 0 fully saturated rings. The van der Waals surface area contributed by atoms with Gasteiger partial charge in [-0.2, -0.15) is 0 Å². The third kappa shape index (κ3) is 7.01. The first kappa shape index (κ1) is 23.1. The van der Waals surface area contributed by atoms with Gasteiger partial charge in [-0.3, -0.25) is 4.79 Å². The van der Waals surface area contributed by atoms with Crippen molar-refractivity contribution in [3.05, 3.63) is 78.4 Å². The molecular weight excluding hydrogens is 402 g/mol. The van der Waals surface area contributed by atoms with Gasteiger partial charge in [0.05, 0.1) is 0 Å². The first-order valence-electron chi connectivity index (χ1n) is 11.0.